The number of amides is 1. The average molecular weight is 336 g/mol. The highest BCUT2D eigenvalue weighted by Gasteiger charge is 2.33. The molecule has 0 aromatic heterocycles. The summed E-state index contributed by atoms with van der Waals surface area (Å²) in [5.41, 5.74) is 2.86. The lowest BCUT2D eigenvalue weighted by atomic mass is 9.93. The zero-order chi connectivity index (χ0) is 17.1. The molecule has 2 aliphatic heterocycles. The molecular weight excluding hydrogens is 312 g/mol. The van der Waals surface area contributed by atoms with Crippen LogP contribution in [-0.4, -0.2) is 24.8 Å². The van der Waals surface area contributed by atoms with Crippen molar-refractivity contribution in [1.82, 2.24) is 5.32 Å². The third kappa shape index (κ3) is 3.85. The number of fused-ring (bicyclic) bond motifs is 2. The van der Waals surface area contributed by atoms with Crippen molar-refractivity contribution in [2.75, 3.05) is 11.9 Å². The van der Waals surface area contributed by atoms with Gasteiger partial charge in [0.25, 0.3) is 0 Å². The van der Waals surface area contributed by atoms with Crippen molar-refractivity contribution in [3.8, 4) is 11.1 Å². The minimum absolute atomic E-state index is 0.366. The minimum atomic E-state index is -0.366. The lowest BCUT2D eigenvalue weighted by molar-refractivity contribution is 0.122. The summed E-state index contributed by atoms with van der Waals surface area (Å²) in [5, 5.41) is 6.53. The molecule has 25 heavy (non-hydrogen) atoms. The van der Waals surface area contributed by atoms with E-state index in [-0.39, 0.29) is 6.09 Å². The number of carbonyl (C=O) groups excluding carboxylic acids is 1. The van der Waals surface area contributed by atoms with Crippen LogP contribution in [0.15, 0.2) is 54.6 Å². The maximum Gasteiger partial charge on any atom is 0.411 e. The molecule has 0 spiro atoms. The fourth-order valence-corrected chi connectivity index (χ4v) is 4.11. The number of carbonyl (C=O) groups is 1. The Morgan fingerprint density at radius 2 is 1.68 bits per heavy atom. The summed E-state index contributed by atoms with van der Waals surface area (Å²) in [5.74, 6) is 0.480. The van der Waals surface area contributed by atoms with Crippen molar-refractivity contribution in [3.63, 3.8) is 0 Å². The fourth-order valence-electron chi connectivity index (χ4n) is 4.11. The molecule has 3 atom stereocenters. The van der Waals surface area contributed by atoms with Gasteiger partial charge in [-0.25, -0.2) is 4.79 Å². The zero-order valence-electron chi connectivity index (χ0n) is 14.3. The van der Waals surface area contributed by atoms with Gasteiger partial charge in [0.15, 0.2) is 0 Å². The number of nitrogens with one attached hydrogen (secondary N) is 2. The molecule has 1 amide bonds. The summed E-state index contributed by atoms with van der Waals surface area (Å²) in [6, 6.07) is 19.1. The van der Waals surface area contributed by atoms with Crippen LogP contribution in [0.5, 0.6) is 0 Å². The molecule has 0 saturated carbocycles. The second-order valence-corrected chi connectivity index (χ2v) is 7.11. The van der Waals surface area contributed by atoms with Gasteiger partial charge >= 0.3 is 6.09 Å². The van der Waals surface area contributed by atoms with E-state index in [4.69, 9.17) is 4.74 Å². The van der Waals surface area contributed by atoms with Gasteiger partial charge in [0.2, 0.25) is 0 Å². The van der Waals surface area contributed by atoms with Gasteiger partial charge in [-0.15, -0.1) is 0 Å². The van der Waals surface area contributed by atoms with Crippen LogP contribution in [0.3, 0.4) is 0 Å². The van der Waals surface area contributed by atoms with Gasteiger partial charge < -0.3 is 10.1 Å². The van der Waals surface area contributed by atoms with E-state index in [9.17, 15) is 4.79 Å². The first kappa shape index (κ1) is 16.2. The molecule has 2 heterocycles. The van der Waals surface area contributed by atoms with Crippen molar-refractivity contribution in [2.24, 2.45) is 5.92 Å². The quantitative estimate of drug-likeness (QED) is 0.868. The number of para-hydroxylation sites is 1. The summed E-state index contributed by atoms with van der Waals surface area (Å²) in [6.07, 6.45) is 4.39. The van der Waals surface area contributed by atoms with Crippen molar-refractivity contribution in [2.45, 2.75) is 37.8 Å². The molecule has 2 N–H and O–H groups in total. The second kappa shape index (κ2) is 7.28. The average Bonchev–Trinajstić information content (AvgIpc) is 2.99. The number of ether oxygens (including phenoxy) is 1. The number of benzene rings is 2. The Morgan fingerprint density at radius 3 is 2.44 bits per heavy atom. The van der Waals surface area contributed by atoms with E-state index in [1.54, 1.807) is 0 Å². The van der Waals surface area contributed by atoms with E-state index < -0.39 is 0 Å². The van der Waals surface area contributed by atoms with Crippen LogP contribution in [0.25, 0.3) is 11.1 Å². The van der Waals surface area contributed by atoms with Crippen LogP contribution in [0.1, 0.15) is 25.7 Å². The van der Waals surface area contributed by atoms with Gasteiger partial charge in [0.1, 0.15) is 0 Å². The van der Waals surface area contributed by atoms with E-state index in [0.717, 1.165) is 29.7 Å². The van der Waals surface area contributed by atoms with Crippen LogP contribution >= 0.6 is 0 Å². The molecule has 2 saturated heterocycles. The first-order valence-electron chi connectivity index (χ1n) is 9.12. The topological polar surface area (TPSA) is 50.4 Å². The molecule has 0 radical (unpaired) electrons. The summed E-state index contributed by atoms with van der Waals surface area (Å²) in [4.78, 5) is 12.3. The van der Waals surface area contributed by atoms with Crippen LogP contribution in [0.4, 0.5) is 10.5 Å². The predicted octanol–water partition coefficient (Wildman–Crippen LogP) is 4.43. The van der Waals surface area contributed by atoms with Crippen LogP contribution < -0.4 is 10.6 Å². The van der Waals surface area contributed by atoms with Gasteiger partial charge in [-0.2, -0.15) is 0 Å². The van der Waals surface area contributed by atoms with Crippen LogP contribution in [0, 0.1) is 5.92 Å². The van der Waals surface area contributed by atoms with E-state index in [1.165, 1.54) is 12.8 Å². The molecule has 2 aromatic rings. The Bertz CT molecular complexity index is 720. The molecular formula is C21H24N2O2. The smallest absolute Gasteiger partial charge is 0.411 e. The highest BCUT2D eigenvalue weighted by molar-refractivity contribution is 5.91. The minimum Gasteiger partial charge on any atom is -0.449 e. The molecule has 0 unspecified atom stereocenters. The molecule has 2 bridgehead atoms. The maximum atomic E-state index is 12.3. The molecule has 2 aliphatic rings. The highest BCUT2D eigenvalue weighted by Crippen LogP contribution is 2.31. The van der Waals surface area contributed by atoms with Crippen LogP contribution in [0.2, 0.25) is 0 Å². The lowest BCUT2D eigenvalue weighted by Gasteiger charge is -2.28. The lowest BCUT2D eigenvalue weighted by Crippen LogP contribution is -2.39. The second-order valence-electron chi connectivity index (χ2n) is 7.11. The monoisotopic (exact) mass is 336 g/mol. The third-order valence-corrected chi connectivity index (χ3v) is 5.27. The summed E-state index contributed by atoms with van der Waals surface area (Å²) in [7, 11) is 0. The Kier molecular flexibility index (Phi) is 4.70. The van der Waals surface area contributed by atoms with E-state index >= 15 is 0 Å². The summed E-state index contributed by atoms with van der Waals surface area (Å²) in [6.45, 7) is 0.508. The van der Waals surface area contributed by atoms with Crippen molar-refractivity contribution < 1.29 is 9.53 Å². The molecule has 4 heteroatoms. The van der Waals surface area contributed by atoms with Crippen LogP contribution in [-0.2, 0) is 4.74 Å². The standard InChI is InChI=1S/C21H24N2O2/c24-21(25-14-15-12-17-10-11-18(13-15)22-17)23-20-9-5-4-8-19(20)16-6-2-1-3-7-16/h1-9,15,17-18,22H,10-14H2,(H,23,24)/t15-,17+,18-. The Labute approximate surface area is 148 Å². The number of piperidine rings is 1. The Hall–Kier alpha value is -2.33. The summed E-state index contributed by atoms with van der Waals surface area (Å²) >= 11 is 0. The number of anilines is 1. The van der Waals surface area contributed by atoms with E-state index in [0.29, 0.717) is 24.6 Å². The van der Waals surface area contributed by atoms with Gasteiger partial charge in [0.05, 0.1) is 12.3 Å². The Balaban J connectivity index is 1.37. The van der Waals surface area contributed by atoms with E-state index in [1.807, 2.05) is 54.6 Å². The molecule has 2 fully saturated rings. The van der Waals surface area contributed by atoms with Gasteiger partial charge in [0, 0.05) is 17.6 Å². The number of hydrogen-bond donors (Lipinski definition) is 2. The molecule has 4 rings (SSSR count). The zero-order valence-corrected chi connectivity index (χ0v) is 14.3. The number of hydrogen-bond acceptors (Lipinski definition) is 3. The van der Waals surface area contributed by atoms with Crippen molar-refractivity contribution in [3.05, 3.63) is 54.6 Å². The van der Waals surface area contributed by atoms with Crippen molar-refractivity contribution >= 4 is 11.8 Å². The van der Waals surface area contributed by atoms with Crippen molar-refractivity contribution in [1.29, 1.82) is 0 Å². The number of rotatable bonds is 4. The molecule has 4 nitrogen and oxygen atoms in total. The maximum absolute atomic E-state index is 12.3. The third-order valence-electron chi connectivity index (χ3n) is 5.27. The fraction of sp³-hybridized carbons (Fsp3) is 0.381. The molecule has 2 aromatic carbocycles. The van der Waals surface area contributed by atoms with Gasteiger partial charge in [-0.3, -0.25) is 5.32 Å². The van der Waals surface area contributed by atoms with Gasteiger partial charge in [-0.05, 0) is 43.2 Å². The SMILES string of the molecule is O=C(Nc1ccccc1-c1ccccc1)OC[C@H]1C[C@H]2CC[C@@H](C1)N2. The van der Waals surface area contributed by atoms with E-state index in [2.05, 4.69) is 10.6 Å². The summed E-state index contributed by atoms with van der Waals surface area (Å²) < 4.78 is 5.52. The first-order valence-corrected chi connectivity index (χ1v) is 9.12. The van der Waals surface area contributed by atoms with Gasteiger partial charge in [-0.1, -0.05) is 48.5 Å². The highest BCUT2D eigenvalue weighted by atomic mass is 16.5. The largest absolute Gasteiger partial charge is 0.449 e. The first-order chi connectivity index (χ1) is 12.3. The normalized spacial score (nSPS) is 24.7. The Morgan fingerprint density at radius 1 is 1.00 bits per heavy atom. The molecule has 0 aliphatic carbocycles. The predicted molar refractivity (Wildman–Crippen MR) is 99.5 cm³/mol. The molecule has 130 valence electrons.